The van der Waals surface area contributed by atoms with Crippen molar-refractivity contribution >= 4 is 17.2 Å². The summed E-state index contributed by atoms with van der Waals surface area (Å²) in [6.45, 7) is 5.85. The van der Waals surface area contributed by atoms with Gasteiger partial charge in [0, 0.05) is 36.7 Å². The van der Waals surface area contributed by atoms with Crippen LogP contribution in [0.2, 0.25) is 0 Å². The molecule has 20 heavy (non-hydrogen) atoms. The first-order chi connectivity index (χ1) is 9.66. The van der Waals surface area contributed by atoms with Gasteiger partial charge >= 0.3 is 0 Å². The van der Waals surface area contributed by atoms with E-state index in [2.05, 4.69) is 23.7 Å². The van der Waals surface area contributed by atoms with Crippen LogP contribution in [0.25, 0.3) is 0 Å². The molecule has 4 nitrogen and oxygen atoms in total. The van der Waals surface area contributed by atoms with Crippen LogP contribution in [0.3, 0.4) is 0 Å². The third-order valence-corrected chi connectivity index (χ3v) is 5.45. The fourth-order valence-corrected chi connectivity index (χ4v) is 3.75. The minimum atomic E-state index is 0.0528. The molecule has 1 saturated heterocycles. The van der Waals surface area contributed by atoms with Crippen molar-refractivity contribution < 1.29 is 9.53 Å². The number of nitrogens with zero attached hydrogens (tertiary/aromatic N) is 1. The minimum Gasteiger partial charge on any atom is -0.381 e. The van der Waals surface area contributed by atoms with Crippen molar-refractivity contribution in [3.63, 3.8) is 0 Å². The Kier molecular flexibility index (Phi) is 4.10. The van der Waals surface area contributed by atoms with Crippen molar-refractivity contribution in [2.24, 2.45) is 0 Å². The van der Waals surface area contributed by atoms with E-state index in [1.165, 1.54) is 10.4 Å². The molecule has 2 aliphatic heterocycles. The van der Waals surface area contributed by atoms with Gasteiger partial charge in [0.15, 0.2) is 0 Å². The molecule has 1 aromatic rings. The van der Waals surface area contributed by atoms with Crippen LogP contribution in [0.15, 0.2) is 11.4 Å². The van der Waals surface area contributed by atoms with E-state index in [4.69, 9.17) is 4.74 Å². The van der Waals surface area contributed by atoms with Gasteiger partial charge in [0.25, 0.3) is 0 Å². The van der Waals surface area contributed by atoms with Gasteiger partial charge in [0.2, 0.25) is 5.91 Å². The van der Waals surface area contributed by atoms with E-state index in [9.17, 15) is 4.79 Å². The zero-order chi connectivity index (χ0) is 14.0. The highest BCUT2D eigenvalue weighted by Gasteiger charge is 2.28. The van der Waals surface area contributed by atoms with Gasteiger partial charge in [-0.15, -0.1) is 11.3 Å². The quantitative estimate of drug-likeness (QED) is 0.924. The summed E-state index contributed by atoms with van der Waals surface area (Å²) in [5.74, 6) is 0.217. The summed E-state index contributed by atoms with van der Waals surface area (Å²) in [5.41, 5.74) is 1.38. The topological polar surface area (TPSA) is 41.6 Å². The number of hydrogen-bond acceptors (Lipinski definition) is 4. The molecular formula is C15H22N2O2S. The van der Waals surface area contributed by atoms with Crippen molar-refractivity contribution in [2.45, 2.75) is 38.3 Å². The van der Waals surface area contributed by atoms with Crippen LogP contribution in [0.5, 0.6) is 0 Å². The molecule has 3 rings (SSSR count). The van der Waals surface area contributed by atoms with E-state index in [0.717, 1.165) is 45.6 Å². The molecule has 0 bridgehead atoms. The van der Waals surface area contributed by atoms with E-state index in [1.54, 1.807) is 0 Å². The van der Waals surface area contributed by atoms with Gasteiger partial charge in [0.05, 0.1) is 6.54 Å². The van der Waals surface area contributed by atoms with Gasteiger partial charge < -0.3 is 15.0 Å². The normalized spacial score (nSPS) is 21.6. The van der Waals surface area contributed by atoms with E-state index >= 15 is 0 Å². The Labute approximate surface area is 124 Å². The Morgan fingerprint density at radius 1 is 1.50 bits per heavy atom. The highest BCUT2D eigenvalue weighted by atomic mass is 32.1. The highest BCUT2D eigenvalue weighted by molar-refractivity contribution is 7.10. The first-order valence-electron chi connectivity index (χ1n) is 7.32. The largest absolute Gasteiger partial charge is 0.381 e. The van der Waals surface area contributed by atoms with Gasteiger partial charge in [-0.2, -0.15) is 0 Å². The van der Waals surface area contributed by atoms with E-state index in [0.29, 0.717) is 6.54 Å². The zero-order valence-electron chi connectivity index (χ0n) is 12.0. The van der Waals surface area contributed by atoms with Crippen molar-refractivity contribution in [1.29, 1.82) is 0 Å². The summed E-state index contributed by atoms with van der Waals surface area (Å²) in [6.07, 6.45) is 2.97. The molecule has 3 heterocycles. The van der Waals surface area contributed by atoms with Gasteiger partial charge in [-0.3, -0.25) is 4.79 Å². The maximum atomic E-state index is 12.4. The Morgan fingerprint density at radius 2 is 2.30 bits per heavy atom. The number of amides is 1. The molecule has 0 spiro atoms. The number of hydrogen-bond donors (Lipinski definition) is 1. The predicted octanol–water partition coefficient (Wildman–Crippen LogP) is 1.79. The van der Waals surface area contributed by atoms with Crippen molar-refractivity contribution in [1.82, 2.24) is 10.2 Å². The summed E-state index contributed by atoms with van der Waals surface area (Å²) in [4.78, 5) is 15.8. The standard InChI is InChI=1S/C15H22N2O2S/c1-15(4-7-19-8-5-15)16-10-14(18)17-6-2-13-12(11-17)3-9-20-13/h3,9,16H,2,4-8,10-11H2,1H3. The summed E-state index contributed by atoms with van der Waals surface area (Å²) >= 11 is 1.81. The van der Waals surface area contributed by atoms with Crippen LogP contribution in [-0.2, 0) is 22.5 Å². The fraction of sp³-hybridized carbons (Fsp3) is 0.667. The molecule has 0 aliphatic carbocycles. The first-order valence-corrected chi connectivity index (χ1v) is 8.20. The van der Waals surface area contributed by atoms with E-state index in [-0.39, 0.29) is 11.4 Å². The lowest BCUT2D eigenvalue weighted by atomic mass is 9.92. The molecule has 1 fully saturated rings. The van der Waals surface area contributed by atoms with Crippen LogP contribution < -0.4 is 5.32 Å². The average Bonchev–Trinajstić information content (AvgIpc) is 2.93. The second-order valence-electron chi connectivity index (χ2n) is 5.96. The predicted molar refractivity (Wildman–Crippen MR) is 79.9 cm³/mol. The van der Waals surface area contributed by atoms with Crippen molar-refractivity contribution in [3.8, 4) is 0 Å². The van der Waals surface area contributed by atoms with Gasteiger partial charge in [-0.25, -0.2) is 0 Å². The lowest BCUT2D eigenvalue weighted by Gasteiger charge is -2.35. The number of fused-ring (bicyclic) bond motifs is 1. The van der Waals surface area contributed by atoms with E-state index < -0.39 is 0 Å². The number of carbonyl (C=O) groups excluding carboxylic acids is 1. The Hall–Kier alpha value is -0.910. The second-order valence-corrected chi connectivity index (χ2v) is 6.96. The molecule has 0 radical (unpaired) electrons. The fourth-order valence-electron chi connectivity index (χ4n) is 2.86. The SMILES string of the molecule is CC1(NCC(=O)N2CCc3sccc3C2)CCOCC1. The second kappa shape index (κ2) is 5.84. The molecule has 0 aromatic carbocycles. The summed E-state index contributed by atoms with van der Waals surface area (Å²) in [5, 5.41) is 5.57. The van der Waals surface area contributed by atoms with Crippen molar-refractivity contribution in [3.05, 3.63) is 21.9 Å². The maximum absolute atomic E-state index is 12.4. The number of rotatable bonds is 3. The van der Waals surface area contributed by atoms with Gasteiger partial charge in [0.1, 0.15) is 0 Å². The van der Waals surface area contributed by atoms with Gasteiger partial charge in [-0.1, -0.05) is 0 Å². The summed E-state index contributed by atoms with van der Waals surface area (Å²) in [6, 6.07) is 2.15. The summed E-state index contributed by atoms with van der Waals surface area (Å²) in [7, 11) is 0. The average molecular weight is 294 g/mol. The molecular weight excluding hydrogens is 272 g/mol. The number of ether oxygens (including phenoxy) is 1. The van der Waals surface area contributed by atoms with Crippen molar-refractivity contribution in [2.75, 3.05) is 26.3 Å². The minimum absolute atomic E-state index is 0.0528. The Balaban J connectivity index is 1.52. The molecule has 110 valence electrons. The number of carbonyl (C=O) groups is 1. The molecule has 5 heteroatoms. The Bertz CT molecular complexity index is 480. The molecule has 2 aliphatic rings. The lowest BCUT2D eigenvalue weighted by Crippen LogP contribution is -2.51. The molecule has 1 N–H and O–H groups in total. The molecule has 1 amide bonds. The summed E-state index contributed by atoms with van der Waals surface area (Å²) < 4.78 is 5.38. The highest BCUT2D eigenvalue weighted by Crippen LogP contribution is 2.24. The molecule has 1 aromatic heterocycles. The van der Waals surface area contributed by atoms with Crippen LogP contribution in [-0.4, -0.2) is 42.6 Å². The monoisotopic (exact) mass is 294 g/mol. The zero-order valence-corrected chi connectivity index (χ0v) is 12.8. The first kappa shape index (κ1) is 14.0. The third-order valence-electron chi connectivity index (χ3n) is 4.42. The molecule has 0 atom stereocenters. The maximum Gasteiger partial charge on any atom is 0.236 e. The van der Waals surface area contributed by atoms with Crippen LogP contribution >= 0.6 is 11.3 Å². The number of nitrogens with one attached hydrogen (secondary N) is 1. The van der Waals surface area contributed by atoms with Crippen LogP contribution in [0, 0.1) is 0 Å². The Morgan fingerprint density at radius 3 is 3.10 bits per heavy atom. The third kappa shape index (κ3) is 3.05. The number of thiophene rings is 1. The van der Waals surface area contributed by atoms with Crippen LogP contribution in [0.4, 0.5) is 0 Å². The van der Waals surface area contributed by atoms with E-state index in [1.807, 2.05) is 16.2 Å². The van der Waals surface area contributed by atoms with Gasteiger partial charge in [-0.05, 0) is 43.2 Å². The van der Waals surface area contributed by atoms with Crippen LogP contribution in [0.1, 0.15) is 30.2 Å². The lowest BCUT2D eigenvalue weighted by molar-refractivity contribution is -0.131. The molecule has 0 saturated carbocycles. The smallest absolute Gasteiger partial charge is 0.236 e. The molecule has 0 unspecified atom stereocenters.